The predicted octanol–water partition coefficient (Wildman–Crippen LogP) is 2.64. The van der Waals surface area contributed by atoms with Crippen LogP contribution in [0, 0.1) is 29.1 Å². The molecule has 0 heterocycles. The smallest absolute Gasteiger partial charge is 0.249 e. The fourth-order valence-corrected chi connectivity index (χ4v) is 3.21. The Balaban J connectivity index is 2.20. The lowest BCUT2D eigenvalue weighted by Crippen LogP contribution is -2.36. The molecule has 0 aliphatic heterocycles. The third-order valence-electron chi connectivity index (χ3n) is 3.26. The van der Waals surface area contributed by atoms with Crippen molar-refractivity contribution in [2.24, 2.45) is 0 Å². The van der Waals surface area contributed by atoms with E-state index in [0.29, 0.717) is 10.4 Å². The number of halogens is 5. The molecule has 0 radical (unpaired) electrons. The molecule has 0 fully saturated rings. The van der Waals surface area contributed by atoms with Crippen LogP contribution in [-0.4, -0.2) is 32.2 Å². The first kappa shape index (κ1) is 19.8. The Morgan fingerprint density at radius 2 is 1.54 bits per heavy atom. The van der Waals surface area contributed by atoms with E-state index in [-0.39, 0.29) is 0 Å². The molecular weight excluding hydrogens is 383 g/mol. The lowest BCUT2D eigenvalue weighted by Gasteiger charge is -2.17. The molecule has 1 N–H and O–H groups in total. The molecule has 0 unspecified atom stereocenters. The number of carbonyl (C=O) groups excluding carboxylic acids is 1. The average molecular weight is 394 g/mol. The highest BCUT2D eigenvalue weighted by molar-refractivity contribution is 7.89. The van der Waals surface area contributed by atoms with E-state index < -0.39 is 62.1 Å². The van der Waals surface area contributed by atoms with Crippen molar-refractivity contribution in [2.75, 3.05) is 18.9 Å². The molecule has 2 rings (SSSR count). The van der Waals surface area contributed by atoms with Crippen LogP contribution in [0.2, 0.25) is 0 Å². The number of carbonyl (C=O) groups is 1. The molecule has 0 saturated heterocycles. The summed E-state index contributed by atoms with van der Waals surface area (Å²) in [5.74, 6) is -8.83. The second kappa shape index (κ2) is 7.38. The van der Waals surface area contributed by atoms with Gasteiger partial charge in [0.1, 0.15) is 11.6 Å². The molecular formula is C15H11F5N2O3S. The standard InChI is InChI=1S/C15H11F5N2O3S/c1-22(26(24,25)15-9(17)3-2-4-10(15)18)7-12(23)21-11-6-5-8(16)13(19)14(11)20/h2-6H,7H2,1H3,(H,21,23). The first-order valence-corrected chi connectivity index (χ1v) is 8.33. The van der Waals surface area contributed by atoms with Gasteiger partial charge in [-0.15, -0.1) is 0 Å². The van der Waals surface area contributed by atoms with Crippen LogP contribution in [0.4, 0.5) is 27.6 Å². The lowest BCUT2D eigenvalue weighted by atomic mass is 10.3. The Labute approximate surface area is 145 Å². The van der Waals surface area contributed by atoms with E-state index >= 15 is 0 Å². The van der Waals surface area contributed by atoms with Gasteiger partial charge in [0.25, 0.3) is 0 Å². The Kier molecular flexibility index (Phi) is 5.62. The minimum absolute atomic E-state index is 0.321. The molecule has 0 aromatic heterocycles. The predicted molar refractivity (Wildman–Crippen MR) is 81.1 cm³/mol. The van der Waals surface area contributed by atoms with Crippen molar-refractivity contribution in [2.45, 2.75) is 4.90 Å². The van der Waals surface area contributed by atoms with Crippen LogP contribution in [0.3, 0.4) is 0 Å². The molecule has 2 aromatic rings. The highest BCUT2D eigenvalue weighted by Crippen LogP contribution is 2.22. The summed E-state index contributed by atoms with van der Waals surface area (Å²) in [6, 6.07) is 3.70. The summed E-state index contributed by atoms with van der Waals surface area (Å²) in [7, 11) is -3.85. The van der Waals surface area contributed by atoms with Crippen molar-refractivity contribution in [3.8, 4) is 0 Å². The van der Waals surface area contributed by atoms with Gasteiger partial charge in [-0.2, -0.15) is 4.31 Å². The zero-order valence-corrected chi connectivity index (χ0v) is 13.9. The molecule has 0 spiro atoms. The summed E-state index contributed by atoms with van der Waals surface area (Å²) in [4.78, 5) is 10.6. The number of nitrogens with one attached hydrogen (secondary N) is 1. The van der Waals surface area contributed by atoms with Gasteiger partial charge in [0.2, 0.25) is 15.9 Å². The number of benzene rings is 2. The van der Waals surface area contributed by atoms with Crippen LogP contribution in [-0.2, 0) is 14.8 Å². The quantitative estimate of drug-likeness (QED) is 0.626. The van der Waals surface area contributed by atoms with Crippen molar-refractivity contribution in [3.05, 3.63) is 59.4 Å². The van der Waals surface area contributed by atoms with Crippen molar-refractivity contribution in [1.82, 2.24) is 4.31 Å². The third kappa shape index (κ3) is 3.83. The van der Waals surface area contributed by atoms with Crippen LogP contribution in [0.25, 0.3) is 0 Å². The number of sulfonamides is 1. The Morgan fingerprint density at radius 3 is 2.12 bits per heavy atom. The van der Waals surface area contributed by atoms with Gasteiger partial charge >= 0.3 is 0 Å². The highest BCUT2D eigenvalue weighted by atomic mass is 32.2. The lowest BCUT2D eigenvalue weighted by molar-refractivity contribution is -0.116. The van der Waals surface area contributed by atoms with Crippen molar-refractivity contribution >= 4 is 21.6 Å². The van der Waals surface area contributed by atoms with E-state index in [4.69, 9.17) is 0 Å². The molecule has 2 aromatic carbocycles. The van der Waals surface area contributed by atoms with Crippen LogP contribution in [0.1, 0.15) is 0 Å². The van der Waals surface area contributed by atoms with E-state index in [9.17, 15) is 35.2 Å². The molecule has 26 heavy (non-hydrogen) atoms. The minimum Gasteiger partial charge on any atom is -0.322 e. The van der Waals surface area contributed by atoms with Crippen LogP contribution >= 0.6 is 0 Å². The first-order valence-electron chi connectivity index (χ1n) is 6.89. The molecule has 0 saturated carbocycles. The molecule has 1 amide bonds. The van der Waals surface area contributed by atoms with Gasteiger partial charge < -0.3 is 5.32 Å². The molecule has 0 aliphatic rings. The van der Waals surface area contributed by atoms with Crippen molar-refractivity contribution < 1.29 is 35.2 Å². The second-order valence-electron chi connectivity index (χ2n) is 5.08. The van der Waals surface area contributed by atoms with Gasteiger partial charge in [-0.3, -0.25) is 4.79 Å². The average Bonchev–Trinajstić information content (AvgIpc) is 2.55. The molecule has 11 heteroatoms. The summed E-state index contributed by atoms with van der Waals surface area (Å²) in [6.45, 7) is -0.964. The van der Waals surface area contributed by atoms with E-state index in [2.05, 4.69) is 0 Å². The summed E-state index contributed by atoms with van der Waals surface area (Å²) in [6.07, 6.45) is 0. The van der Waals surface area contributed by atoms with Gasteiger partial charge in [0, 0.05) is 7.05 Å². The Hall–Kier alpha value is -2.53. The summed E-state index contributed by atoms with van der Waals surface area (Å²) in [5, 5.41) is 1.85. The maximum atomic E-state index is 13.7. The monoisotopic (exact) mass is 394 g/mol. The van der Waals surface area contributed by atoms with E-state index in [1.165, 1.54) is 0 Å². The van der Waals surface area contributed by atoms with E-state index in [0.717, 1.165) is 31.3 Å². The Morgan fingerprint density at radius 1 is 0.962 bits per heavy atom. The maximum Gasteiger partial charge on any atom is 0.249 e. The van der Waals surface area contributed by atoms with Crippen molar-refractivity contribution in [3.63, 3.8) is 0 Å². The van der Waals surface area contributed by atoms with Gasteiger partial charge in [-0.05, 0) is 24.3 Å². The van der Waals surface area contributed by atoms with Gasteiger partial charge in [-0.1, -0.05) is 6.07 Å². The number of anilines is 1. The second-order valence-corrected chi connectivity index (χ2v) is 7.06. The number of hydrogen-bond donors (Lipinski definition) is 1. The SMILES string of the molecule is CN(CC(=O)Nc1ccc(F)c(F)c1F)S(=O)(=O)c1c(F)cccc1F. The number of rotatable bonds is 5. The molecule has 140 valence electrons. The number of amides is 1. The summed E-state index contributed by atoms with van der Waals surface area (Å²) >= 11 is 0. The van der Waals surface area contributed by atoms with Gasteiger partial charge in [0.05, 0.1) is 12.2 Å². The first-order chi connectivity index (χ1) is 12.1. The van der Waals surface area contributed by atoms with Gasteiger partial charge in [0.15, 0.2) is 22.3 Å². The normalized spacial score (nSPS) is 11.7. The summed E-state index contributed by atoms with van der Waals surface area (Å²) in [5.41, 5.74) is -0.725. The zero-order valence-electron chi connectivity index (χ0n) is 13.1. The minimum atomic E-state index is -4.72. The van der Waals surface area contributed by atoms with Gasteiger partial charge in [-0.25, -0.2) is 30.4 Å². The molecule has 5 nitrogen and oxygen atoms in total. The highest BCUT2D eigenvalue weighted by Gasteiger charge is 2.29. The molecule has 0 bridgehead atoms. The largest absolute Gasteiger partial charge is 0.322 e. The fraction of sp³-hybridized carbons (Fsp3) is 0.133. The third-order valence-corrected chi connectivity index (χ3v) is 5.12. The van der Waals surface area contributed by atoms with E-state index in [1.807, 2.05) is 5.32 Å². The maximum absolute atomic E-state index is 13.7. The topological polar surface area (TPSA) is 66.5 Å². The molecule has 0 aliphatic carbocycles. The fourth-order valence-electron chi connectivity index (χ4n) is 1.98. The molecule has 0 atom stereocenters. The van der Waals surface area contributed by atoms with Crippen LogP contribution < -0.4 is 5.32 Å². The zero-order chi connectivity index (χ0) is 19.6. The number of nitrogens with zero attached hydrogens (tertiary/aromatic N) is 1. The Bertz CT molecular complexity index is 946. The van der Waals surface area contributed by atoms with Crippen LogP contribution in [0.15, 0.2) is 35.2 Å². The number of likely N-dealkylation sites (N-methyl/N-ethyl adjacent to an activating group) is 1. The van der Waals surface area contributed by atoms with Crippen LogP contribution in [0.5, 0.6) is 0 Å². The van der Waals surface area contributed by atoms with Crippen molar-refractivity contribution in [1.29, 1.82) is 0 Å². The van der Waals surface area contributed by atoms with E-state index in [1.54, 1.807) is 0 Å². The summed E-state index contributed by atoms with van der Waals surface area (Å²) < 4.78 is 91.5. The number of hydrogen-bond acceptors (Lipinski definition) is 3.